The number of rotatable bonds is 1. The van der Waals surface area contributed by atoms with E-state index < -0.39 is 5.97 Å². The maximum Gasteiger partial charge on any atom is 0.300 e. The van der Waals surface area contributed by atoms with Gasteiger partial charge in [0, 0.05) is 19.0 Å². The first-order valence-electron chi connectivity index (χ1n) is 3.87. The van der Waals surface area contributed by atoms with E-state index in [4.69, 9.17) is 25.8 Å². The Hall–Kier alpha value is -1.75. The topological polar surface area (TPSA) is 104 Å². The summed E-state index contributed by atoms with van der Waals surface area (Å²) >= 11 is 0. The van der Waals surface area contributed by atoms with E-state index in [1.54, 1.807) is 0 Å². The monoisotopic (exact) mass is 199 g/mol. The van der Waals surface area contributed by atoms with Gasteiger partial charge in [0.05, 0.1) is 0 Å². The maximum atomic E-state index is 9.04. The average Bonchev–Trinajstić information content (AvgIpc) is 2.08. The minimum Gasteiger partial charge on any atom is -0.508 e. The number of phenolic OH excluding ortho intramolecular Hbond substituents is 2. The number of carboxylic acids is 1. The van der Waals surface area contributed by atoms with Crippen LogP contribution in [0.4, 0.5) is 0 Å². The quantitative estimate of drug-likeness (QED) is 0.497. The Morgan fingerprint density at radius 1 is 1.43 bits per heavy atom. The molecule has 0 radical (unpaired) electrons. The van der Waals surface area contributed by atoms with Crippen LogP contribution in [-0.4, -0.2) is 21.3 Å². The van der Waals surface area contributed by atoms with E-state index in [1.807, 2.05) is 0 Å². The fraction of sp³-hybridized carbons (Fsp3) is 0.222. The zero-order chi connectivity index (χ0) is 11.1. The molecular formula is C9H13NO4. The van der Waals surface area contributed by atoms with Crippen LogP contribution in [0.5, 0.6) is 11.5 Å². The van der Waals surface area contributed by atoms with Gasteiger partial charge in [-0.2, -0.15) is 0 Å². The summed E-state index contributed by atoms with van der Waals surface area (Å²) in [5, 5.41) is 25.4. The number of carbonyl (C=O) groups is 1. The molecule has 5 heteroatoms. The van der Waals surface area contributed by atoms with Crippen molar-refractivity contribution in [3.05, 3.63) is 23.8 Å². The Labute approximate surface area is 81.4 Å². The van der Waals surface area contributed by atoms with E-state index in [2.05, 4.69) is 0 Å². The molecule has 0 amide bonds. The van der Waals surface area contributed by atoms with Gasteiger partial charge in [-0.15, -0.1) is 0 Å². The number of aromatic hydroxyl groups is 2. The van der Waals surface area contributed by atoms with Crippen molar-refractivity contribution >= 4 is 5.97 Å². The van der Waals surface area contributed by atoms with Crippen LogP contribution in [-0.2, 0) is 11.3 Å². The molecule has 0 aromatic heterocycles. The number of aliphatic carboxylic acids is 1. The van der Waals surface area contributed by atoms with Crippen LogP contribution in [0.2, 0.25) is 0 Å². The van der Waals surface area contributed by atoms with Gasteiger partial charge in [0.25, 0.3) is 5.97 Å². The number of carboxylic acid groups (broad SMARTS) is 1. The van der Waals surface area contributed by atoms with E-state index in [0.29, 0.717) is 5.56 Å². The largest absolute Gasteiger partial charge is 0.508 e. The zero-order valence-electron chi connectivity index (χ0n) is 7.77. The van der Waals surface area contributed by atoms with Gasteiger partial charge in [0.15, 0.2) is 0 Å². The molecular weight excluding hydrogens is 186 g/mol. The number of benzene rings is 1. The molecule has 0 aliphatic heterocycles. The summed E-state index contributed by atoms with van der Waals surface area (Å²) in [6, 6.07) is 4.27. The van der Waals surface area contributed by atoms with Crippen molar-refractivity contribution < 1.29 is 20.1 Å². The SMILES string of the molecule is CC(=O)O.NCc1cc(O)ccc1O. The van der Waals surface area contributed by atoms with Gasteiger partial charge in [-0.1, -0.05) is 0 Å². The third-order valence-electron chi connectivity index (χ3n) is 1.28. The fourth-order valence-electron chi connectivity index (χ4n) is 0.735. The minimum atomic E-state index is -0.833. The van der Waals surface area contributed by atoms with E-state index >= 15 is 0 Å². The first-order valence-corrected chi connectivity index (χ1v) is 3.87. The standard InChI is InChI=1S/C7H9NO2.C2H4O2/c8-4-5-3-6(9)1-2-7(5)10;1-2(3)4/h1-3,9-10H,4,8H2;1H3,(H,3,4). The van der Waals surface area contributed by atoms with Crippen LogP contribution in [0.15, 0.2) is 18.2 Å². The van der Waals surface area contributed by atoms with Crippen molar-refractivity contribution in [2.24, 2.45) is 5.73 Å². The molecule has 0 spiro atoms. The van der Waals surface area contributed by atoms with E-state index in [0.717, 1.165) is 6.92 Å². The molecule has 78 valence electrons. The highest BCUT2D eigenvalue weighted by Crippen LogP contribution is 2.20. The molecule has 1 rings (SSSR count). The summed E-state index contributed by atoms with van der Waals surface area (Å²) in [6.45, 7) is 1.32. The Morgan fingerprint density at radius 3 is 2.29 bits per heavy atom. The molecule has 0 fully saturated rings. The lowest BCUT2D eigenvalue weighted by molar-refractivity contribution is -0.134. The van der Waals surface area contributed by atoms with Gasteiger partial charge in [0.2, 0.25) is 0 Å². The lowest BCUT2D eigenvalue weighted by Gasteiger charge is -2.00. The number of hydrogen-bond acceptors (Lipinski definition) is 4. The predicted molar refractivity (Wildman–Crippen MR) is 51.0 cm³/mol. The second-order valence-electron chi connectivity index (χ2n) is 2.54. The van der Waals surface area contributed by atoms with E-state index in [1.165, 1.54) is 18.2 Å². The van der Waals surface area contributed by atoms with E-state index in [-0.39, 0.29) is 18.0 Å². The first kappa shape index (κ1) is 12.2. The van der Waals surface area contributed by atoms with Crippen LogP contribution in [0.25, 0.3) is 0 Å². The lowest BCUT2D eigenvalue weighted by atomic mass is 10.2. The second kappa shape index (κ2) is 5.82. The summed E-state index contributed by atoms with van der Waals surface area (Å²) in [6.07, 6.45) is 0. The second-order valence-corrected chi connectivity index (χ2v) is 2.54. The van der Waals surface area contributed by atoms with Crippen molar-refractivity contribution in [1.29, 1.82) is 0 Å². The average molecular weight is 199 g/mol. The Morgan fingerprint density at radius 2 is 1.93 bits per heavy atom. The Bertz CT molecular complexity index is 308. The van der Waals surface area contributed by atoms with Crippen molar-refractivity contribution in [1.82, 2.24) is 0 Å². The lowest BCUT2D eigenvalue weighted by Crippen LogP contribution is -1.95. The molecule has 0 saturated heterocycles. The molecule has 0 bridgehead atoms. The van der Waals surface area contributed by atoms with Gasteiger partial charge in [-0.3, -0.25) is 4.79 Å². The van der Waals surface area contributed by atoms with Crippen molar-refractivity contribution in [2.45, 2.75) is 13.5 Å². The molecule has 0 aliphatic rings. The third kappa shape index (κ3) is 5.00. The number of hydrogen-bond donors (Lipinski definition) is 4. The first-order chi connectivity index (χ1) is 6.47. The van der Waals surface area contributed by atoms with Crippen LogP contribution < -0.4 is 5.73 Å². The highest BCUT2D eigenvalue weighted by Gasteiger charge is 1.97. The predicted octanol–water partition coefficient (Wildman–Crippen LogP) is 0.647. The number of phenols is 2. The van der Waals surface area contributed by atoms with Crippen molar-refractivity contribution in [3.63, 3.8) is 0 Å². The molecule has 0 saturated carbocycles. The normalized spacial score (nSPS) is 8.71. The Kier molecular flexibility index (Phi) is 5.09. The molecule has 0 heterocycles. The summed E-state index contributed by atoms with van der Waals surface area (Å²) < 4.78 is 0. The number of nitrogens with two attached hydrogens (primary N) is 1. The molecule has 0 atom stereocenters. The van der Waals surface area contributed by atoms with Gasteiger partial charge in [-0.05, 0) is 18.2 Å². The highest BCUT2D eigenvalue weighted by molar-refractivity contribution is 5.62. The van der Waals surface area contributed by atoms with Crippen LogP contribution in [0, 0.1) is 0 Å². The molecule has 5 N–H and O–H groups in total. The van der Waals surface area contributed by atoms with Gasteiger partial charge < -0.3 is 21.1 Å². The smallest absolute Gasteiger partial charge is 0.300 e. The van der Waals surface area contributed by atoms with E-state index in [9.17, 15) is 0 Å². The minimum absolute atomic E-state index is 0.123. The summed E-state index contributed by atoms with van der Waals surface area (Å²) in [5.74, 6) is -0.585. The molecule has 0 aliphatic carbocycles. The van der Waals surface area contributed by atoms with Crippen molar-refractivity contribution in [3.8, 4) is 11.5 Å². The molecule has 1 aromatic carbocycles. The van der Waals surface area contributed by atoms with Gasteiger partial charge in [-0.25, -0.2) is 0 Å². The van der Waals surface area contributed by atoms with Crippen molar-refractivity contribution in [2.75, 3.05) is 0 Å². The van der Waals surface area contributed by atoms with Crippen LogP contribution >= 0.6 is 0 Å². The Balaban J connectivity index is 0.000000364. The fourth-order valence-corrected chi connectivity index (χ4v) is 0.735. The highest BCUT2D eigenvalue weighted by atomic mass is 16.4. The molecule has 14 heavy (non-hydrogen) atoms. The summed E-state index contributed by atoms with van der Waals surface area (Å²) in [5.41, 5.74) is 5.80. The van der Waals surface area contributed by atoms with Crippen LogP contribution in [0.3, 0.4) is 0 Å². The third-order valence-corrected chi connectivity index (χ3v) is 1.28. The zero-order valence-corrected chi connectivity index (χ0v) is 7.77. The molecule has 5 nitrogen and oxygen atoms in total. The van der Waals surface area contributed by atoms with Gasteiger partial charge >= 0.3 is 0 Å². The maximum absolute atomic E-state index is 9.04. The summed E-state index contributed by atoms with van der Waals surface area (Å²) in [4.78, 5) is 9.00. The molecule has 0 unspecified atom stereocenters. The van der Waals surface area contributed by atoms with Crippen LogP contribution in [0.1, 0.15) is 12.5 Å². The van der Waals surface area contributed by atoms with Gasteiger partial charge in [0.1, 0.15) is 11.5 Å². The molecule has 1 aromatic rings. The summed E-state index contributed by atoms with van der Waals surface area (Å²) in [7, 11) is 0.